The number of phenols is 2. The zero-order valence-electron chi connectivity index (χ0n) is 7.60. The number of carboxylic acid groups (broad SMARTS) is 1. The highest BCUT2D eigenvalue weighted by Crippen LogP contribution is 2.27. The van der Waals surface area contributed by atoms with Crippen molar-refractivity contribution in [2.75, 3.05) is 0 Å². The van der Waals surface area contributed by atoms with Gasteiger partial charge in [-0.05, 0) is 12.1 Å². The Bertz CT molecular complexity index is 427. The first kappa shape index (κ1) is 10.8. The summed E-state index contributed by atoms with van der Waals surface area (Å²) in [5.74, 6) is -2.89. The number of aromatic hydroxyl groups is 2. The molecule has 80 valence electrons. The molecule has 1 rings (SSSR count). The van der Waals surface area contributed by atoms with Gasteiger partial charge in [0.05, 0.1) is 12.0 Å². The summed E-state index contributed by atoms with van der Waals surface area (Å²) in [6.45, 7) is 0. The van der Waals surface area contributed by atoms with Crippen molar-refractivity contribution in [2.24, 2.45) is 5.73 Å². The fourth-order valence-corrected chi connectivity index (χ4v) is 1.12. The number of rotatable bonds is 3. The van der Waals surface area contributed by atoms with Gasteiger partial charge in [0.15, 0.2) is 0 Å². The minimum atomic E-state index is -1.16. The van der Waals surface area contributed by atoms with E-state index in [1.165, 1.54) is 0 Å². The molecule has 0 aliphatic rings. The minimum Gasteiger partial charge on any atom is -0.508 e. The first-order valence-corrected chi connectivity index (χ1v) is 3.98. The highest BCUT2D eigenvalue weighted by molar-refractivity contribution is 5.96. The van der Waals surface area contributed by atoms with Crippen molar-refractivity contribution >= 4 is 11.9 Å². The summed E-state index contributed by atoms with van der Waals surface area (Å²) in [4.78, 5) is 21.1. The maximum atomic E-state index is 10.7. The molecule has 0 aromatic heterocycles. The van der Waals surface area contributed by atoms with Crippen molar-refractivity contribution in [1.82, 2.24) is 0 Å². The average Bonchev–Trinajstić information content (AvgIpc) is 2.09. The third-order valence-corrected chi connectivity index (χ3v) is 1.80. The van der Waals surface area contributed by atoms with Crippen LogP contribution in [0.1, 0.15) is 15.9 Å². The number of carbonyl (C=O) groups is 2. The van der Waals surface area contributed by atoms with Crippen molar-refractivity contribution in [2.45, 2.75) is 6.42 Å². The molecule has 6 heteroatoms. The molecule has 6 nitrogen and oxygen atoms in total. The van der Waals surface area contributed by atoms with Crippen molar-refractivity contribution in [3.63, 3.8) is 0 Å². The van der Waals surface area contributed by atoms with Gasteiger partial charge in [-0.3, -0.25) is 9.59 Å². The number of phenolic OH excluding ortho intramolecular Hbond substituents is 1. The van der Waals surface area contributed by atoms with Crippen molar-refractivity contribution in [1.29, 1.82) is 0 Å². The summed E-state index contributed by atoms with van der Waals surface area (Å²) in [6, 6.07) is 1.94. The average molecular weight is 211 g/mol. The Hall–Kier alpha value is -2.24. The van der Waals surface area contributed by atoms with Gasteiger partial charge in [0.1, 0.15) is 11.5 Å². The molecule has 0 spiro atoms. The number of primary amides is 1. The molecular weight excluding hydrogens is 202 g/mol. The minimum absolute atomic E-state index is 0.0185. The number of carbonyl (C=O) groups excluding carboxylic acids is 1. The van der Waals surface area contributed by atoms with Gasteiger partial charge in [-0.1, -0.05) is 0 Å². The second-order valence-electron chi connectivity index (χ2n) is 2.93. The molecule has 1 aromatic carbocycles. The standard InChI is InChI=1S/C9H9NO5/c10-9(15)5-3-6(11)4(1-7(5)12)2-8(13)14/h1,3,11-12H,2H2,(H2,10,15)(H,13,14). The van der Waals surface area contributed by atoms with Gasteiger partial charge in [0, 0.05) is 5.56 Å². The van der Waals surface area contributed by atoms with E-state index in [4.69, 9.17) is 10.8 Å². The van der Waals surface area contributed by atoms with Crippen LogP contribution in [0.3, 0.4) is 0 Å². The predicted octanol–water partition coefficient (Wildman–Crippen LogP) is -0.176. The zero-order valence-corrected chi connectivity index (χ0v) is 7.60. The molecule has 5 N–H and O–H groups in total. The molecule has 0 aliphatic carbocycles. The van der Waals surface area contributed by atoms with Gasteiger partial charge >= 0.3 is 5.97 Å². The quantitative estimate of drug-likeness (QED) is 0.517. The van der Waals surface area contributed by atoms with E-state index in [2.05, 4.69) is 0 Å². The molecule has 0 heterocycles. The number of carboxylic acids is 1. The number of aliphatic carboxylic acids is 1. The van der Waals surface area contributed by atoms with Crippen LogP contribution in [0.5, 0.6) is 11.5 Å². The van der Waals surface area contributed by atoms with Gasteiger partial charge in [-0.25, -0.2) is 0 Å². The molecule has 0 saturated heterocycles. The Kier molecular flexibility index (Phi) is 2.80. The molecule has 0 fully saturated rings. The van der Waals surface area contributed by atoms with E-state index >= 15 is 0 Å². The molecule has 1 amide bonds. The van der Waals surface area contributed by atoms with Crippen LogP contribution < -0.4 is 5.73 Å². The molecule has 0 aliphatic heterocycles. The second kappa shape index (κ2) is 3.87. The van der Waals surface area contributed by atoms with E-state index in [0.29, 0.717) is 0 Å². The monoisotopic (exact) mass is 211 g/mol. The number of hydrogen-bond acceptors (Lipinski definition) is 4. The number of benzene rings is 1. The Labute approximate surface area is 84.6 Å². The molecule has 0 bridgehead atoms. The molecule has 15 heavy (non-hydrogen) atoms. The fraction of sp³-hybridized carbons (Fsp3) is 0.111. The SMILES string of the molecule is NC(=O)c1cc(O)c(CC(=O)O)cc1O. The lowest BCUT2D eigenvalue weighted by Crippen LogP contribution is -2.11. The van der Waals surface area contributed by atoms with Crippen LogP contribution in [-0.2, 0) is 11.2 Å². The second-order valence-corrected chi connectivity index (χ2v) is 2.93. The highest BCUT2D eigenvalue weighted by atomic mass is 16.4. The summed E-state index contributed by atoms with van der Waals surface area (Å²) in [7, 11) is 0. The summed E-state index contributed by atoms with van der Waals surface area (Å²) in [5, 5.41) is 27.1. The molecular formula is C9H9NO5. The van der Waals surface area contributed by atoms with Gasteiger partial charge in [-0.15, -0.1) is 0 Å². The zero-order chi connectivity index (χ0) is 11.6. The lowest BCUT2D eigenvalue weighted by Gasteiger charge is -2.05. The van der Waals surface area contributed by atoms with Gasteiger partial charge in [0.25, 0.3) is 5.91 Å². The summed E-state index contributed by atoms with van der Waals surface area (Å²) >= 11 is 0. The van der Waals surface area contributed by atoms with Gasteiger partial charge < -0.3 is 21.1 Å². The lowest BCUT2D eigenvalue weighted by molar-refractivity contribution is -0.136. The number of amides is 1. The molecule has 0 radical (unpaired) electrons. The Morgan fingerprint density at radius 1 is 1.20 bits per heavy atom. The smallest absolute Gasteiger partial charge is 0.307 e. The fourth-order valence-electron chi connectivity index (χ4n) is 1.12. The van der Waals surface area contributed by atoms with E-state index in [9.17, 15) is 19.8 Å². The van der Waals surface area contributed by atoms with Crippen LogP contribution in [0.25, 0.3) is 0 Å². The lowest BCUT2D eigenvalue weighted by atomic mass is 10.1. The van der Waals surface area contributed by atoms with Gasteiger partial charge in [-0.2, -0.15) is 0 Å². The third-order valence-electron chi connectivity index (χ3n) is 1.80. The molecule has 0 atom stereocenters. The van der Waals surface area contributed by atoms with Crippen molar-refractivity contribution < 1.29 is 24.9 Å². The van der Waals surface area contributed by atoms with Gasteiger partial charge in [0.2, 0.25) is 0 Å². The van der Waals surface area contributed by atoms with Crippen LogP contribution >= 0.6 is 0 Å². The van der Waals surface area contributed by atoms with E-state index in [1.54, 1.807) is 0 Å². The third kappa shape index (κ3) is 2.37. The van der Waals surface area contributed by atoms with E-state index in [1.807, 2.05) is 0 Å². The normalized spacial score (nSPS) is 9.87. The summed E-state index contributed by atoms with van der Waals surface area (Å²) in [5.41, 5.74) is 4.68. The topological polar surface area (TPSA) is 121 Å². The number of hydrogen-bond donors (Lipinski definition) is 4. The predicted molar refractivity (Wildman–Crippen MR) is 49.6 cm³/mol. The maximum Gasteiger partial charge on any atom is 0.307 e. The van der Waals surface area contributed by atoms with E-state index < -0.39 is 24.0 Å². The Morgan fingerprint density at radius 3 is 2.27 bits per heavy atom. The van der Waals surface area contributed by atoms with Crippen LogP contribution in [0.4, 0.5) is 0 Å². The molecule has 1 aromatic rings. The highest BCUT2D eigenvalue weighted by Gasteiger charge is 2.14. The first-order valence-electron chi connectivity index (χ1n) is 3.98. The van der Waals surface area contributed by atoms with E-state index in [0.717, 1.165) is 12.1 Å². The van der Waals surface area contributed by atoms with E-state index in [-0.39, 0.29) is 16.9 Å². The van der Waals surface area contributed by atoms with Crippen LogP contribution in [0.15, 0.2) is 12.1 Å². The Balaban J connectivity index is 3.19. The van der Waals surface area contributed by atoms with Crippen LogP contribution in [0.2, 0.25) is 0 Å². The molecule has 0 saturated carbocycles. The Morgan fingerprint density at radius 2 is 1.80 bits per heavy atom. The van der Waals surface area contributed by atoms with Crippen LogP contribution in [-0.4, -0.2) is 27.2 Å². The summed E-state index contributed by atoms with van der Waals surface area (Å²) < 4.78 is 0. The van der Waals surface area contributed by atoms with Crippen molar-refractivity contribution in [3.05, 3.63) is 23.3 Å². The van der Waals surface area contributed by atoms with Crippen molar-refractivity contribution in [3.8, 4) is 11.5 Å². The molecule has 0 unspecified atom stereocenters. The largest absolute Gasteiger partial charge is 0.508 e. The first-order chi connectivity index (χ1) is 6.91. The summed E-state index contributed by atoms with van der Waals surface area (Å²) in [6.07, 6.45) is -0.446. The number of nitrogens with two attached hydrogens (primary N) is 1. The van der Waals surface area contributed by atoms with Crippen LogP contribution in [0, 0.1) is 0 Å². The maximum absolute atomic E-state index is 10.7.